The lowest BCUT2D eigenvalue weighted by atomic mass is 9.85. The first-order chi connectivity index (χ1) is 13.8. The summed E-state index contributed by atoms with van der Waals surface area (Å²) in [7, 11) is 1.63. The molecule has 0 saturated heterocycles. The van der Waals surface area contributed by atoms with Crippen LogP contribution in [-0.4, -0.2) is 29.4 Å². The zero-order valence-electron chi connectivity index (χ0n) is 18.6. The monoisotopic (exact) mass is 475 g/mol. The van der Waals surface area contributed by atoms with Crippen molar-refractivity contribution in [1.29, 1.82) is 0 Å². The molecule has 0 bridgehead atoms. The molecule has 1 aromatic carbocycles. The van der Waals surface area contributed by atoms with Gasteiger partial charge in [0.1, 0.15) is 11.4 Å². The summed E-state index contributed by atoms with van der Waals surface area (Å²) in [5.41, 5.74) is 2.18. The number of benzene rings is 1. The van der Waals surface area contributed by atoms with Crippen LogP contribution in [0.3, 0.4) is 0 Å². The number of hydrogen-bond donors (Lipinski definition) is 2. The minimum atomic E-state index is -0.372. The van der Waals surface area contributed by atoms with Crippen LogP contribution in [0.2, 0.25) is 0 Å². The number of pyridine rings is 1. The van der Waals surface area contributed by atoms with Crippen molar-refractivity contribution < 1.29 is 14.3 Å². The maximum atomic E-state index is 12.6. The van der Waals surface area contributed by atoms with Crippen LogP contribution < -0.4 is 15.4 Å². The molecule has 0 aliphatic carbocycles. The molecule has 2 amide bonds. The quantitative estimate of drug-likeness (QED) is 0.646. The molecule has 30 heavy (non-hydrogen) atoms. The third-order valence-electron chi connectivity index (χ3n) is 4.29. The second kappa shape index (κ2) is 9.16. The summed E-state index contributed by atoms with van der Waals surface area (Å²) in [5, 5.41) is 5.70. The summed E-state index contributed by atoms with van der Waals surface area (Å²) in [5.74, 6) is 0.261. The zero-order valence-corrected chi connectivity index (χ0v) is 20.2. The van der Waals surface area contributed by atoms with E-state index in [9.17, 15) is 9.59 Å². The smallest absolute Gasteiger partial charge is 0.270 e. The molecule has 2 N–H and O–H groups in total. The molecule has 0 saturated carbocycles. The Kier molecular flexibility index (Phi) is 7.29. The number of halogens is 1. The zero-order chi connectivity index (χ0) is 22.7. The first-order valence-electron chi connectivity index (χ1n) is 9.75. The molecule has 0 spiro atoms. The van der Waals surface area contributed by atoms with Crippen LogP contribution in [0.4, 0.5) is 5.69 Å². The van der Waals surface area contributed by atoms with Crippen molar-refractivity contribution >= 4 is 33.4 Å². The molecule has 0 fully saturated rings. The van der Waals surface area contributed by atoms with E-state index in [1.165, 1.54) is 6.20 Å². The van der Waals surface area contributed by atoms with Crippen LogP contribution in [-0.2, 0) is 16.6 Å². The minimum Gasteiger partial charge on any atom is -0.496 e. The maximum absolute atomic E-state index is 12.6. The highest BCUT2D eigenvalue weighted by Gasteiger charge is 2.22. The molecule has 2 rings (SSSR count). The number of methoxy groups -OCH3 is 1. The molecule has 0 aliphatic rings. The van der Waals surface area contributed by atoms with E-state index in [-0.39, 0.29) is 34.9 Å². The average molecular weight is 476 g/mol. The van der Waals surface area contributed by atoms with E-state index in [1.54, 1.807) is 19.2 Å². The summed E-state index contributed by atoms with van der Waals surface area (Å²) in [6, 6.07) is 7.11. The summed E-state index contributed by atoms with van der Waals surface area (Å²) < 4.78 is 6.39. The lowest BCUT2D eigenvalue weighted by Gasteiger charge is -2.23. The van der Waals surface area contributed by atoms with Crippen LogP contribution >= 0.6 is 15.9 Å². The standard InChI is InChI=1S/C23H30BrN3O3/c1-22(2,3)16-13-17(24)14(10-19(16)30-7)11-20(28)26-15-8-9-25-18(12-15)21(29)27-23(4,5)6/h8-10,12-13H,11H2,1-7H3,(H,27,29)(H,25,26,28). The van der Waals surface area contributed by atoms with Gasteiger partial charge in [0.25, 0.3) is 5.91 Å². The van der Waals surface area contributed by atoms with Crippen LogP contribution in [0.25, 0.3) is 0 Å². The van der Waals surface area contributed by atoms with Gasteiger partial charge in [-0.3, -0.25) is 14.6 Å². The highest BCUT2D eigenvalue weighted by Crippen LogP contribution is 2.36. The van der Waals surface area contributed by atoms with E-state index in [0.29, 0.717) is 5.69 Å². The number of rotatable bonds is 5. The molecule has 1 heterocycles. The van der Waals surface area contributed by atoms with Gasteiger partial charge in [-0.25, -0.2) is 0 Å². The fraction of sp³-hybridized carbons (Fsp3) is 0.435. The van der Waals surface area contributed by atoms with Gasteiger partial charge >= 0.3 is 0 Å². The second-order valence-corrected chi connectivity index (χ2v) is 10.1. The number of carbonyl (C=O) groups is 2. The van der Waals surface area contributed by atoms with Crippen LogP contribution in [0.1, 0.15) is 63.2 Å². The van der Waals surface area contributed by atoms with Gasteiger partial charge in [0.05, 0.1) is 13.5 Å². The van der Waals surface area contributed by atoms with E-state index in [2.05, 4.69) is 52.3 Å². The Morgan fingerprint density at radius 3 is 2.33 bits per heavy atom. The van der Waals surface area contributed by atoms with Crippen molar-refractivity contribution in [1.82, 2.24) is 10.3 Å². The molecule has 162 valence electrons. The largest absolute Gasteiger partial charge is 0.496 e. The number of carbonyl (C=O) groups excluding carboxylic acids is 2. The van der Waals surface area contributed by atoms with Crippen molar-refractivity contribution in [3.05, 3.63) is 51.8 Å². The van der Waals surface area contributed by atoms with Crippen molar-refractivity contribution in [2.75, 3.05) is 12.4 Å². The van der Waals surface area contributed by atoms with Crippen molar-refractivity contribution in [2.45, 2.75) is 58.9 Å². The summed E-state index contributed by atoms with van der Waals surface area (Å²) >= 11 is 3.58. The Labute approximate surface area is 186 Å². The van der Waals surface area contributed by atoms with Gasteiger partial charge in [0.15, 0.2) is 0 Å². The topological polar surface area (TPSA) is 80.3 Å². The highest BCUT2D eigenvalue weighted by molar-refractivity contribution is 9.10. The Hall–Kier alpha value is -2.41. The third-order valence-corrected chi connectivity index (χ3v) is 5.03. The first kappa shape index (κ1) is 23.9. The first-order valence-corrected chi connectivity index (χ1v) is 10.5. The number of aromatic nitrogens is 1. The SMILES string of the molecule is COc1cc(CC(=O)Nc2ccnc(C(=O)NC(C)(C)C)c2)c(Br)cc1C(C)(C)C. The normalized spacial score (nSPS) is 11.7. The van der Waals surface area contributed by atoms with E-state index in [0.717, 1.165) is 21.3 Å². The van der Waals surface area contributed by atoms with Gasteiger partial charge in [-0.15, -0.1) is 0 Å². The summed E-state index contributed by atoms with van der Waals surface area (Å²) in [6.45, 7) is 12.0. The average Bonchev–Trinajstić information content (AvgIpc) is 2.61. The number of ether oxygens (including phenoxy) is 1. The molecular formula is C23H30BrN3O3. The molecule has 0 radical (unpaired) electrons. The molecule has 7 heteroatoms. The predicted octanol–water partition coefficient (Wildman–Crippen LogP) is 4.86. The fourth-order valence-corrected chi connectivity index (χ4v) is 3.38. The molecule has 1 aromatic heterocycles. The Bertz CT molecular complexity index is 944. The van der Waals surface area contributed by atoms with Crippen molar-refractivity contribution in [3.63, 3.8) is 0 Å². The fourth-order valence-electron chi connectivity index (χ4n) is 2.90. The van der Waals surface area contributed by atoms with Gasteiger partial charge in [-0.1, -0.05) is 36.7 Å². The van der Waals surface area contributed by atoms with Crippen LogP contribution in [0.5, 0.6) is 5.75 Å². The Morgan fingerprint density at radius 1 is 1.10 bits per heavy atom. The van der Waals surface area contributed by atoms with E-state index >= 15 is 0 Å². The number of nitrogens with zero attached hydrogens (tertiary/aromatic N) is 1. The maximum Gasteiger partial charge on any atom is 0.270 e. The van der Waals surface area contributed by atoms with Gasteiger partial charge in [-0.2, -0.15) is 0 Å². The lowest BCUT2D eigenvalue weighted by molar-refractivity contribution is -0.115. The van der Waals surface area contributed by atoms with E-state index < -0.39 is 0 Å². The number of anilines is 1. The molecule has 2 aromatic rings. The van der Waals surface area contributed by atoms with Crippen molar-refractivity contribution in [3.8, 4) is 5.75 Å². The molecule has 0 atom stereocenters. The van der Waals surface area contributed by atoms with Crippen LogP contribution in [0.15, 0.2) is 34.9 Å². The third kappa shape index (κ3) is 6.55. The number of amides is 2. The van der Waals surface area contributed by atoms with E-state index in [1.807, 2.05) is 32.9 Å². The number of hydrogen-bond acceptors (Lipinski definition) is 4. The molecule has 0 aliphatic heterocycles. The van der Waals surface area contributed by atoms with Gasteiger partial charge in [0.2, 0.25) is 5.91 Å². The molecule has 6 nitrogen and oxygen atoms in total. The number of nitrogens with one attached hydrogen (secondary N) is 2. The molecular weight excluding hydrogens is 446 g/mol. The van der Waals surface area contributed by atoms with Crippen molar-refractivity contribution in [2.24, 2.45) is 0 Å². The Balaban J connectivity index is 2.17. The van der Waals surface area contributed by atoms with E-state index in [4.69, 9.17) is 4.74 Å². The minimum absolute atomic E-state index is 0.0876. The summed E-state index contributed by atoms with van der Waals surface area (Å²) in [6.07, 6.45) is 1.66. The molecule has 0 unspecified atom stereocenters. The van der Waals surface area contributed by atoms with Gasteiger partial charge in [-0.05, 0) is 56.0 Å². The highest BCUT2D eigenvalue weighted by atomic mass is 79.9. The lowest BCUT2D eigenvalue weighted by Crippen LogP contribution is -2.40. The van der Waals surface area contributed by atoms with Gasteiger partial charge in [0, 0.05) is 27.5 Å². The van der Waals surface area contributed by atoms with Gasteiger partial charge < -0.3 is 15.4 Å². The predicted molar refractivity (Wildman–Crippen MR) is 123 cm³/mol. The summed E-state index contributed by atoms with van der Waals surface area (Å²) in [4.78, 5) is 29.0. The van der Waals surface area contributed by atoms with Crippen LogP contribution in [0, 0.1) is 0 Å². The Morgan fingerprint density at radius 2 is 1.77 bits per heavy atom. The second-order valence-electron chi connectivity index (χ2n) is 9.25.